The maximum absolute atomic E-state index is 13.1. The van der Waals surface area contributed by atoms with Crippen molar-refractivity contribution in [1.82, 2.24) is 4.90 Å². The van der Waals surface area contributed by atoms with Gasteiger partial charge in [-0.25, -0.2) is 4.79 Å². The van der Waals surface area contributed by atoms with Crippen LogP contribution in [0.4, 0.5) is 5.69 Å². The number of nitrogens with one attached hydrogen (secondary N) is 1. The van der Waals surface area contributed by atoms with Gasteiger partial charge in [0.05, 0.1) is 11.8 Å². The minimum absolute atomic E-state index is 0.0728. The lowest BCUT2D eigenvalue weighted by molar-refractivity contribution is -0.162. The van der Waals surface area contributed by atoms with Gasteiger partial charge in [-0.15, -0.1) is 0 Å². The van der Waals surface area contributed by atoms with Crippen LogP contribution in [0.5, 0.6) is 0 Å². The predicted molar refractivity (Wildman–Crippen MR) is 114 cm³/mol. The molecule has 3 aliphatic rings. The van der Waals surface area contributed by atoms with E-state index in [1.54, 1.807) is 19.9 Å². The third-order valence-corrected chi connectivity index (χ3v) is 6.88. The SMILES string of the molecule is Cc1cccc(NC(=O)COC(=O)[C@@H](C(C)C)N2C(=O)[C@@H]3[C@H](C2=O)[C@H]2C=C[C@H]3C2)c1C. The molecule has 7 nitrogen and oxygen atoms in total. The summed E-state index contributed by atoms with van der Waals surface area (Å²) in [5, 5.41) is 2.74. The smallest absolute Gasteiger partial charge is 0.330 e. The molecule has 1 saturated carbocycles. The molecule has 1 aliphatic heterocycles. The van der Waals surface area contributed by atoms with Gasteiger partial charge in [0.2, 0.25) is 11.8 Å². The Morgan fingerprint density at radius 1 is 1.10 bits per heavy atom. The highest BCUT2D eigenvalue weighted by atomic mass is 16.5. The number of ether oxygens (including phenoxy) is 1. The third kappa shape index (κ3) is 3.56. The number of hydrogen-bond donors (Lipinski definition) is 1. The molecule has 164 valence electrons. The molecular formula is C24H28N2O5. The molecule has 2 bridgehead atoms. The average Bonchev–Trinajstić information content (AvgIpc) is 3.40. The summed E-state index contributed by atoms with van der Waals surface area (Å²) in [6.07, 6.45) is 4.86. The summed E-state index contributed by atoms with van der Waals surface area (Å²) in [6, 6.07) is 4.53. The fraction of sp³-hybridized carbons (Fsp3) is 0.500. The molecular weight excluding hydrogens is 396 g/mol. The normalized spacial score (nSPS) is 27.1. The van der Waals surface area contributed by atoms with Crippen LogP contribution in [-0.2, 0) is 23.9 Å². The van der Waals surface area contributed by atoms with Crippen molar-refractivity contribution in [3.05, 3.63) is 41.5 Å². The lowest BCUT2D eigenvalue weighted by atomic mass is 9.85. The van der Waals surface area contributed by atoms with E-state index in [4.69, 9.17) is 4.74 Å². The molecule has 1 saturated heterocycles. The van der Waals surface area contributed by atoms with Crippen molar-refractivity contribution in [1.29, 1.82) is 0 Å². The molecule has 3 amide bonds. The number of benzene rings is 1. The molecule has 0 aromatic heterocycles. The first-order valence-electron chi connectivity index (χ1n) is 10.8. The second-order valence-electron chi connectivity index (χ2n) is 9.14. The highest BCUT2D eigenvalue weighted by molar-refractivity contribution is 6.09. The van der Waals surface area contributed by atoms with Crippen LogP contribution in [0.25, 0.3) is 0 Å². The van der Waals surface area contributed by atoms with Gasteiger partial charge in [-0.2, -0.15) is 0 Å². The second kappa shape index (κ2) is 7.94. The number of likely N-dealkylation sites (tertiary alicyclic amines) is 1. The Bertz CT molecular complexity index is 952. The van der Waals surface area contributed by atoms with E-state index in [1.165, 1.54) is 0 Å². The number of hydrogen-bond acceptors (Lipinski definition) is 5. The molecule has 31 heavy (non-hydrogen) atoms. The van der Waals surface area contributed by atoms with Crippen LogP contribution in [-0.4, -0.2) is 41.2 Å². The Morgan fingerprint density at radius 3 is 2.29 bits per heavy atom. The monoisotopic (exact) mass is 424 g/mol. The Labute approximate surface area is 181 Å². The van der Waals surface area contributed by atoms with Crippen LogP contribution in [0, 0.1) is 43.4 Å². The summed E-state index contributed by atoms with van der Waals surface area (Å²) < 4.78 is 5.26. The van der Waals surface area contributed by atoms with E-state index in [0.29, 0.717) is 5.69 Å². The lowest BCUT2D eigenvalue weighted by Crippen LogP contribution is -2.50. The number of imide groups is 1. The van der Waals surface area contributed by atoms with Crippen LogP contribution >= 0.6 is 0 Å². The number of esters is 1. The number of carbonyl (C=O) groups is 4. The number of aryl methyl sites for hydroxylation is 1. The third-order valence-electron chi connectivity index (χ3n) is 6.88. The van der Waals surface area contributed by atoms with E-state index in [-0.39, 0.29) is 41.4 Å². The van der Waals surface area contributed by atoms with Crippen molar-refractivity contribution in [3.63, 3.8) is 0 Å². The minimum atomic E-state index is -1.03. The fourth-order valence-corrected chi connectivity index (χ4v) is 5.17. The molecule has 2 fully saturated rings. The van der Waals surface area contributed by atoms with Crippen molar-refractivity contribution >= 4 is 29.4 Å². The summed E-state index contributed by atoms with van der Waals surface area (Å²) >= 11 is 0. The van der Waals surface area contributed by atoms with Crippen LogP contribution in [0.15, 0.2) is 30.4 Å². The summed E-state index contributed by atoms with van der Waals surface area (Å²) in [7, 11) is 0. The largest absolute Gasteiger partial charge is 0.454 e. The molecule has 1 aromatic rings. The van der Waals surface area contributed by atoms with Gasteiger partial charge in [0.15, 0.2) is 6.61 Å². The molecule has 4 rings (SSSR count). The Balaban J connectivity index is 1.43. The van der Waals surface area contributed by atoms with E-state index in [9.17, 15) is 19.2 Å². The quantitative estimate of drug-likeness (QED) is 0.431. The Kier molecular flexibility index (Phi) is 5.45. The van der Waals surface area contributed by atoms with Gasteiger partial charge in [0.1, 0.15) is 6.04 Å². The first kappa shape index (κ1) is 21.3. The van der Waals surface area contributed by atoms with Crippen LogP contribution in [0.3, 0.4) is 0 Å². The van der Waals surface area contributed by atoms with Crippen LogP contribution in [0.1, 0.15) is 31.4 Å². The number of rotatable bonds is 6. The summed E-state index contributed by atoms with van der Waals surface area (Å²) in [5.74, 6) is -2.70. The summed E-state index contributed by atoms with van der Waals surface area (Å²) in [6.45, 7) is 6.90. The lowest BCUT2D eigenvalue weighted by Gasteiger charge is -2.28. The van der Waals surface area contributed by atoms with E-state index >= 15 is 0 Å². The number of anilines is 1. The van der Waals surface area contributed by atoms with E-state index in [1.807, 2.05) is 38.1 Å². The van der Waals surface area contributed by atoms with E-state index in [2.05, 4.69) is 5.32 Å². The van der Waals surface area contributed by atoms with Gasteiger partial charge < -0.3 is 10.1 Å². The van der Waals surface area contributed by atoms with E-state index < -0.39 is 24.5 Å². The maximum atomic E-state index is 13.1. The Morgan fingerprint density at radius 2 is 1.71 bits per heavy atom. The summed E-state index contributed by atoms with van der Waals surface area (Å²) in [4.78, 5) is 52.5. The first-order chi connectivity index (χ1) is 14.7. The van der Waals surface area contributed by atoms with Gasteiger partial charge in [-0.05, 0) is 55.2 Å². The van der Waals surface area contributed by atoms with Crippen molar-refractivity contribution < 1.29 is 23.9 Å². The van der Waals surface area contributed by atoms with Crippen molar-refractivity contribution in [2.24, 2.45) is 29.6 Å². The zero-order chi connectivity index (χ0) is 22.4. The van der Waals surface area contributed by atoms with E-state index in [0.717, 1.165) is 22.4 Å². The summed E-state index contributed by atoms with van der Waals surface area (Å²) in [5.41, 5.74) is 2.63. The second-order valence-corrected chi connectivity index (χ2v) is 9.14. The molecule has 1 N–H and O–H groups in total. The minimum Gasteiger partial charge on any atom is -0.454 e. The predicted octanol–water partition coefficient (Wildman–Crippen LogP) is 2.62. The highest BCUT2D eigenvalue weighted by Crippen LogP contribution is 2.53. The topological polar surface area (TPSA) is 92.8 Å². The van der Waals surface area contributed by atoms with Gasteiger partial charge >= 0.3 is 5.97 Å². The molecule has 0 spiro atoms. The van der Waals surface area contributed by atoms with Gasteiger partial charge in [-0.3, -0.25) is 19.3 Å². The standard InChI is InChI=1S/C24H28N2O5/c1-12(2)21(26-22(28)19-15-8-9-16(10-15)20(19)23(26)29)24(30)31-11-18(27)25-17-7-5-6-13(3)14(17)4/h5-9,12,15-16,19-21H,10-11H2,1-4H3,(H,25,27)/t15-,16-,19-,20+,21+/m0/s1. The zero-order valence-electron chi connectivity index (χ0n) is 18.3. The molecule has 1 aromatic carbocycles. The molecule has 0 radical (unpaired) electrons. The van der Waals surface area contributed by atoms with Crippen LogP contribution < -0.4 is 5.32 Å². The Hall–Kier alpha value is -2.96. The van der Waals surface area contributed by atoms with Crippen LogP contribution in [0.2, 0.25) is 0 Å². The number of allylic oxidation sites excluding steroid dienone is 2. The number of amides is 3. The first-order valence-corrected chi connectivity index (χ1v) is 10.8. The van der Waals surface area contributed by atoms with Gasteiger partial charge in [0, 0.05) is 5.69 Å². The zero-order valence-corrected chi connectivity index (χ0v) is 18.3. The molecule has 1 heterocycles. The molecule has 2 aliphatic carbocycles. The molecule has 5 atom stereocenters. The number of nitrogens with zero attached hydrogens (tertiary/aromatic N) is 1. The fourth-order valence-electron chi connectivity index (χ4n) is 5.17. The average molecular weight is 424 g/mol. The molecule has 7 heteroatoms. The number of carbonyl (C=O) groups excluding carboxylic acids is 4. The van der Waals surface area contributed by atoms with Crippen molar-refractivity contribution in [3.8, 4) is 0 Å². The highest BCUT2D eigenvalue weighted by Gasteiger charge is 2.61. The number of fused-ring (bicyclic) bond motifs is 5. The maximum Gasteiger partial charge on any atom is 0.330 e. The van der Waals surface area contributed by atoms with Crippen molar-refractivity contribution in [2.75, 3.05) is 11.9 Å². The molecule has 0 unspecified atom stereocenters. The van der Waals surface area contributed by atoms with Crippen molar-refractivity contribution in [2.45, 2.75) is 40.2 Å². The van der Waals surface area contributed by atoms with Gasteiger partial charge in [-0.1, -0.05) is 38.1 Å². The van der Waals surface area contributed by atoms with Gasteiger partial charge in [0.25, 0.3) is 5.91 Å².